The molecule has 0 spiro atoms. The van der Waals surface area contributed by atoms with E-state index in [9.17, 15) is 19.2 Å². The molecule has 4 amide bonds. The molecule has 2 atom stereocenters. The van der Waals surface area contributed by atoms with Crippen molar-refractivity contribution in [3.63, 3.8) is 0 Å². The molecule has 1 aromatic heterocycles. The second-order valence-electron chi connectivity index (χ2n) is 11.1. The van der Waals surface area contributed by atoms with Crippen molar-refractivity contribution in [1.82, 2.24) is 24.7 Å². The Kier molecular flexibility index (Phi) is 18.6. The Morgan fingerprint density at radius 2 is 1.45 bits per heavy atom. The van der Waals surface area contributed by atoms with E-state index in [2.05, 4.69) is 15.6 Å². The number of aromatic nitrogens is 2. The molecule has 0 bridgehead atoms. The molecule has 47 heavy (non-hydrogen) atoms. The number of nitrogens with zero attached hydrogens (tertiary/aromatic N) is 4. The maximum Gasteiger partial charge on any atom is 0.250 e. The molecule has 4 rings (SSSR count). The predicted octanol–water partition coefficient (Wildman–Crippen LogP) is 3.23. The molecular weight excluding hydrogens is 692 g/mol. The number of carbonyl (C=O) groups excluding carboxylic acids is 4. The molecule has 1 fully saturated rings. The van der Waals surface area contributed by atoms with E-state index in [0.29, 0.717) is 26.2 Å². The lowest BCUT2D eigenvalue weighted by atomic mass is 10.0. The highest BCUT2D eigenvalue weighted by molar-refractivity contribution is 5.98. The van der Waals surface area contributed by atoms with Crippen molar-refractivity contribution in [3.8, 4) is 0 Å². The van der Waals surface area contributed by atoms with Crippen molar-refractivity contribution in [3.05, 3.63) is 84.3 Å². The Bertz CT molecular complexity index is 1420. The van der Waals surface area contributed by atoms with Gasteiger partial charge >= 0.3 is 0 Å². The maximum atomic E-state index is 13.8. The summed E-state index contributed by atoms with van der Waals surface area (Å²) in [4.78, 5) is 59.3. The highest BCUT2D eigenvalue weighted by atomic mass is 35.5. The molecule has 1 saturated heterocycles. The molecule has 0 aliphatic carbocycles. The van der Waals surface area contributed by atoms with Crippen LogP contribution in [0.1, 0.15) is 37.9 Å². The topological polar surface area (TPSA) is 152 Å². The molecule has 16 heteroatoms. The van der Waals surface area contributed by atoms with Crippen molar-refractivity contribution in [2.45, 2.75) is 45.0 Å². The number of hydrogen-bond donors (Lipinski definition) is 3. The lowest BCUT2D eigenvalue weighted by Crippen LogP contribution is -2.56. The van der Waals surface area contributed by atoms with Crippen LogP contribution in [0.2, 0.25) is 0 Å². The first-order valence-corrected chi connectivity index (χ1v) is 14.2. The second-order valence-corrected chi connectivity index (χ2v) is 11.1. The summed E-state index contributed by atoms with van der Waals surface area (Å²) in [7, 11) is 0. The molecule has 1 aliphatic rings. The fourth-order valence-electron chi connectivity index (χ4n) is 4.64. The lowest BCUT2D eigenvalue weighted by Gasteiger charge is -2.36. The van der Waals surface area contributed by atoms with Gasteiger partial charge in [-0.1, -0.05) is 60.7 Å². The Labute approximate surface area is 299 Å². The molecule has 2 aromatic carbocycles. The number of nitrogens with one attached hydrogen (secondary N) is 2. The Balaban J connectivity index is 0.00000529. The highest BCUT2D eigenvalue weighted by Gasteiger charge is 2.32. The van der Waals surface area contributed by atoms with Gasteiger partial charge in [-0.25, -0.2) is 4.98 Å². The number of imidazole rings is 1. The van der Waals surface area contributed by atoms with Crippen LogP contribution < -0.4 is 16.4 Å². The molecule has 260 valence electrons. The van der Waals surface area contributed by atoms with Crippen LogP contribution in [0.15, 0.2) is 73.2 Å². The van der Waals surface area contributed by atoms with Crippen molar-refractivity contribution in [1.29, 1.82) is 0 Å². The number of hydrogen-bond acceptors (Lipinski definition) is 7. The van der Waals surface area contributed by atoms with E-state index in [1.54, 1.807) is 34.4 Å². The number of rotatable bonds is 11. The minimum Gasteiger partial charge on any atom is -0.374 e. The van der Waals surface area contributed by atoms with Crippen LogP contribution in [0, 0.1) is 0 Å². The smallest absolute Gasteiger partial charge is 0.250 e. The predicted molar refractivity (Wildman–Crippen MR) is 190 cm³/mol. The van der Waals surface area contributed by atoms with Crippen LogP contribution in [0.3, 0.4) is 0 Å². The van der Waals surface area contributed by atoms with Crippen LogP contribution in [0.5, 0.6) is 0 Å². The number of ether oxygens (including phenoxy) is 1. The highest BCUT2D eigenvalue weighted by Crippen LogP contribution is 2.23. The zero-order valence-corrected chi connectivity index (χ0v) is 29.6. The molecule has 4 N–H and O–H groups in total. The quantitative estimate of drug-likeness (QED) is 0.274. The van der Waals surface area contributed by atoms with Gasteiger partial charge in [0.1, 0.15) is 12.1 Å². The minimum atomic E-state index is -1.21. The standard InChI is InChI=1S/C31H39N7O5.4ClH/c1-22(39)36-14-16-37(17-15-36)29(41)27(24-12-8-5-9-13-24)38-18-26(33-21-38)35-28(40)25(34-30(42)31(2,3)32)20-43-19-23-10-6-4-7-11-23;;;;/h4-13,18,21,25,27H,14-17,19-20,32H2,1-3H3,(H,34,42)(H,35,40);4*1H/t25-,27?;;;;/m1..../s1. The Hall–Kier alpha value is -3.39. The second kappa shape index (κ2) is 20.1. The largest absolute Gasteiger partial charge is 0.374 e. The molecule has 3 aromatic rings. The summed E-state index contributed by atoms with van der Waals surface area (Å²) in [5.74, 6) is -1.01. The van der Waals surface area contributed by atoms with Crippen molar-refractivity contribution >= 4 is 79.1 Å². The summed E-state index contributed by atoms with van der Waals surface area (Å²) >= 11 is 0. The summed E-state index contributed by atoms with van der Waals surface area (Å²) in [6.07, 6.45) is 3.06. The zero-order chi connectivity index (χ0) is 31.0. The summed E-state index contributed by atoms with van der Waals surface area (Å²) < 4.78 is 7.41. The van der Waals surface area contributed by atoms with E-state index in [1.807, 2.05) is 60.7 Å². The molecule has 1 aliphatic heterocycles. The van der Waals surface area contributed by atoms with Gasteiger partial charge in [0.05, 0.1) is 25.1 Å². The van der Waals surface area contributed by atoms with Gasteiger partial charge in [0.15, 0.2) is 5.82 Å². The molecule has 1 unspecified atom stereocenters. The van der Waals surface area contributed by atoms with Crippen LogP contribution in [0.25, 0.3) is 0 Å². The average molecular weight is 736 g/mol. The van der Waals surface area contributed by atoms with Crippen molar-refractivity contribution < 1.29 is 23.9 Å². The fraction of sp³-hybridized carbons (Fsp3) is 0.387. The lowest BCUT2D eigenvalue weighted by molar-refractivity contribution is -0.139. The van der Waals surface area contributed by atoms with Gasteiger partial charge in [-0.3, -0.25) is 19.2 Å². The number of halogens is 4. The summed E-state index contributed by atoms with van der Waals surface area (Å²) in [6, 6.07) is 17.0. The van der Waals surface area contributed by atoms with E-state index >= 15 is 0 Å². The molecule has 0 radical (unpaired) electrons. The van der Waals surface area contributed by atoms with Gasteiger partial charge in [-0.15, -0.1) is 49.6 Å². The number of amides is 4. The third-order valence-corrected chi connectivity index (χ3v) is 7.14. The third kappa shape index (κ3) is 12.3. The van der Waals surface area contributed by atoms with Crippen LogP contribution >= 0.6 is 49.6 Å². The van der Waals surface area contributed by atoms with E-state index < -0.39 is 29.4 Å². The third-order valence-electron chi connectivity index (χ3n) is 7.14. The number of carbonyl (C=O) groups is 4. The minimum absolute atomic E-state index is 0. The van der Waals surface area contributed by atoms with Gasteiger partial charge in [0.2, 0.25) is 17.7 Å². The average Bonchev–Trinajstić information content (AvgIpc) is 3.44. The van der Waals surface area contributed by atoms with Gasteiger partial charge in [-0.05, 0) is 25.0 Å². The summed E-state index contributed by atoms with van der Waals surface area (Å²) in [6.45, 7) is 6.54. The van der Waals surface area contributed by atoms with Crippen LogP contribution in [-0.2, 0) is 30.5 Å². The maximum absolute atomic E-state index is 13.8. The Morgan fingerprint density at radius 3 is 2.00 bits per heavy atom. The molecule has 2 heterocycles. The molecule has 0 saturated carbocycles. The van der Waals surface area contributed by atoms with Gasteiger partial charge in [0.25, 0.3) is 5.91 Å². The van der Waals surface area contributed by atoms with E-state index in [4.69, 9.17) is 10.5 Å². The SMILES string of the molecule is CC(=O)N1CCN(C(=O)C(c2ccccc2)n2cnc(NC(=O)[C@@H](COCc3ccccc3)NC(=O)C(C)(C)N)c2)CC1.Cl.Cl.Cl.Cl. The first-order valence-electron chi connectivity index (χ1n) is 14.2. The molecular formula is C31H43Cl4N7O5. The fourth-order valence-corrected chi connectivity index (χ4v) is 4.64. The zero-order valence-electron chi connectivity index (χ0n) is 26.4. The Morgan fingerprint density at radius 1 is 0.894 bits per heavy atom. The van der Waals surface area contributed by atoms with Gasteiger partial charge in [0, 0.05) is 39.3 Å². The first-order chi connectivity index (χ1) is 20.5. The van der Waals surface area contributed by atoms with E-state index in [-0.39, 0.29) is 80.5 Å². The normalized spacial score (nSPS) is 13.7. The van der Waals surface area contributed by atoms with Gasteiger partial charge < -0.3 is 35.5 Å². The first kappa shape index (κ1) is 43.6. The van der Waals surface area contributed by atoms with Crippen LogP contribution in [0.4, 0.5) is 5.82 Å². The number of benzene rings is 2. The van der Waals surface area contributed by atoms with E-state index in [1.165, 1.54) is 13.3 Å². The monoisotopic (exact) mass is 733 g/mol. The molecule has 12 nitrogen and oxygen atoms in total. The van der Waals surface area contributed by atoms with Gasteiger partial charge in [-0.2, -0.15) is 0 Å². The summed E-state index contributed by atoms with van der Waals surface area (Å²) in [5, 5.41) is 5.40. The van der Waals surface area contributed by atoms with Crippen molar-refractivity contribution in [2.24, 2.45) is 5.73 Å². The van der Waals surface area contributed by atoms with E-state index in [0.717, 1.165) is 11.1 Å². The number of piperazine rings is 1. The number of nitrogens with two attached hydrogens (primary N) is 1. The van der Waals surface area contributed by atoms with Crippen molar-refractivity contribution in [2.75, 3.05) is 38.1 Å². The van der Waals surface area contributed by atoms with Crippen LogP contribution in [-0.4, -0.2) is 87.3 Å². The number of anilines is 1. The summed E-state index contributed by atoms with van der Waals surface area (Å²) in [5.41, 5.74) is 6.41.